The predicted octanol–water partition coefficient (Wildman–Crippen LogP) is 1.29. The average Bonchev–Trinajstić information content (AvgIpc) is 2.65. The van der Waals surface area contributed by atoms with Crippen LogP contribution in [-0.4, -0.2) is 29.4 Å². The molecule has 1 amide bonds. The minimum Gasteiger partial charge on any atom is -0.339 e. The van der Waals surface area contributed by atoms with Gasteiger partial charge >= 0.3 is 0 Å². The quantitative estimate of drug-likeness (QED) is 0.660. The molecular weight excluding hydrogens is 188 g/mol. The lowest BCUT2D eigenvalue weighted by molar-refractivity contribution is -0.137. The third kappa shape index (κ3) is 2.23. The van der Waals surface area contributed by atoms with Gasteiger partial charge in [-0.2, -0.15) is 0 Å². The van der Waals surface area contributed by atoms with E-state index in [9.17, 15) is 4.79 Å². The van der Waals surface area contributed by atoms with Gasteiger partial charge in [-0.3, -0.25) is 4.79 Å². The Morgan fingerprint density at radius 2 is 2.20 bits per heavy atom. The molecule has 0 saturated carbocycles. The number of hydrogen-bond acceptors (Lipinski definition) is 2. The van der Waals surface area contributed by atoms with E-state index >= 15 is 0 Å². The zero-order valence-corrected chi connectivity index (χ0v) is 9.36. The number of rotatable bonds is 1. The summed E-state index contributed by atoms with van der Waals surface area (Å²) in [5.41, 5.74) is 5.77. The maximum absolute atomic E-state index is 12.2. The zero-order valence-electron chi connectivity index (χ0n) is 9.36. The van der Waals surface area contributed by atoms with Crippen molar-refractivity contribution in [2.75, 3.05) is 6.54 Å². The van der Waals surface area contributed by atoms with E-state index in [1.807, 2.05) is 17.1 Å². The highest BCUT2D eigenvalue weighted by atomic mass is 16.2. The highest BCUT2D eigenvalue weighted by Gasteiger charge is 2.30. The minimum absolute atomic E-state index is 0.0422. The highest BCUT2D eigenvalue weighted by Crippen LogP contribution is 2.24. The first-order chi connectivity index (χ1) is 7.18. The van der Waals surface area contributed by atoms with Gasteiger partial charge in [0.25, 0.3) is 0 Å². The third-order valence-electron chi connectivity index (χ3n) is 3.52. The van der Waals surface area contributed by atoms with Gasteiger partial charge < -0.3 is 10.6 Å². The van der Waals surface area contributed by atoms with Crippen LogP contribution in [0.1, 0.15) is 32.6 Å². The van der Waals surface area contributed by atoms with Crippen LogP contribution in [-0.2, 0) is 4.79 Å². The van der Waals surface area contributed by atoms with Crippen molar-refractivity contribution >= 4 is 5.91 Å². The monoisotopic (exact) mass is 208 g/mol. The molecule has 1 saturated heterocycles. The molecule has 0 radical (unpaired) electrons. The van der Waals surface area contributed by atoms with Crippen LogP contribution in [0.25, 0.3) is 0 Å². The Bertz CT molecular complexity index is 275. The molecule has 0 aromatic rings. The van der Waals surface area contributed by atoms with E-state index in [4.69, 9.17) is 5.73 Å². The van der Waals surface area contributed by atoms with Gasteiger partial charge in [-0.15, -0.1) is 0 Å². The summed E-state index contributed by atoms with van der Waals surface area (Å²) in [6.07, 6.45) is 8.28. The molecule has 0 aromatic carbocycles. The Morgan fingerprint density at radius 1 is 1.40 bits per heavy atom. The summed E-state index contributed by atoms with van der Waals surface area (Å²) in [6.45, 7) is 3.08. The standard InChI is InChI=1S/C12H20N2O/c1-9-4-2-3-7-14(9)12(15)10-5-6-11(13)8-10/h5-6,9-11H,2-4,7-8,13H2,1H3. The van der Waals surface area contributed by atoms with Crippen LogP contribution in [0.2, 0.25) is 0 Å². The van der Waals surface area contributed by atoms with Crippen molar-refractivity contribution in [3.05, 3.63) is 12.2 Å². The van der Waals surface area contributed by atoms with Crippen molar-refractivity contribution in [3.63, 3.8) is 0 Å². The second-order valence-corrected chi connectivity index (χ2v) is 4.77. The number of nitrogens with zero attached hydrogens (tertiary/aromatic N) is 1. The van der Waals surface area contributed by atoms with Crippen LogP contribution in [0.15, 0.2) is 12.2 Å². The van der Waals surface area contributed by atoms with E-state index in [0.29, 0.717) is 6.04 Å². The number of amides is 1. The maximum atomic E-state index is 12.2. The van der Waals surface area contributed by atoms with Gasteiger partial charge in [0, 0.05) is 18.6 Å². The largest absolute Gasteiger partial charge is 0.339 e. The van der Waals surface area contributed by atoms with Crippen molar-refractivity contribution in [1.82, 2.24) is 4.90 Å². The van der Waals surface area contributed by atoms with Crippen molar-refractivity contribution in [2.45, 2.75) is 44.7 Å². The molecule has 2 N–H and O–H groups in total. The number of nitrogens with two attached hydrogens (primary N) is 1. The molecule has 0 aromatic heterocycles. The number of piperidine rings is 1. The molecule has 0 bridgehead atoms. The maximum Gasteiger partial charge on any atom is 0.229 e. The SMILES string of the molecule is CC1CCCCN1C(=O)C1C=CC(N)C1. The van der Waals surface area contributed by atoms with Gasteiger partial charge in [0.05, 0.1) is 5.92 Å². The normalized spacial score (nSPS) is 35.9. The topological polar surface area (TPSA) is 46.3 Å². The molecule has 3 atom stereocenters. The fraction of sp³-hybridized carbons (Fsp3) is 0.750. The summed E-state index contributed by atoms with van der Waals surface area (Å²) in [5.74, 6) is 0.326. The van der Waals surface area contributed by atoms with E-state index < -0.39 is 0 Å². The molecule has 3 unspecified atom stereocenters. The van der Waals surface area contributed by atoms with Gasteiger partial charge in [-0.25, -0.2) is 0 Å². The molecule has 1 fully saturated rings. The lowest BCUT2D eigenvalue weighted by Crippen LogP contribution is -2.44. The summed E-state index contributed by atoms with van der Waals surface area (Å²) in [6, 6.07) is 0.496. The van der Waals surface area contributed by atoms with E-state index in [1.54, 1.807) is 0 Å². The van der Waals surface area contributed by atoms with Crippen LogP contribution in [0.4, 0.5) is 0 Å². The van der Waals surface area contributed by atoms with Crippen LogP contribution < -0.4 is 5.73 Å². The van der Waals surface area contributed by atoms with Gasteiger partial charge in [0.15, 0.2) is 0 Å². The molecule has 1 heterocycles. The molecule has 1 aliphatic heterocycles. The van der Waals surface area contributed by atoms with Crippen molar-refractivity contribution in [1.29, 1.82) is 0 Å². The van der Waals surface area contributed by atoms with Gasteiger partial charge in [0.1, 0.15) is 0 Å². The number of carbonyl (C=O) groups is 1. The molecule has 2 rings (SSSR count). The average molecular weight is 208 g/mol. The van der Waals surface area contributed by atoms with Crippen molar-refractivity contribution < 1.29 is 4.79 Å². The minimum atomic E-state index is 0.0422. The summed E-state index contributed by atoms with van der Waals surface area (Å²) in [4.78, 5) is 14.2. The molecule has 0 spiro atoms. The first-order valence-corrected chi connectivity index (χ1v) is 5.93. The molecular formula is C12H20N2O. The summed E-state index contributed by atoms with van der Waals surface area (Å²) in [7, 11) is 0. The Kier molecular flexibility index (Phi) is 3.10. The molecule has 3 nitrogen and oxygen atoms in total. The van der Waals surface area contributed by atoms with E-state index in [-0.39, 0.29) is 17.9 Å². The van der Waals surface area contributed by atoms with Crippen LogP contribution in [0.5, 0.6) is 0 Å². The number of hydrogen-bond donors (Lipinski definition) is 1. The van der Waals surface area contributed by atoms with Crippen LogP contribution >= 0.6 is 0 Å². The molecule has 15 heavy (non-hydrogen) atoms. The van der Waals surface area contributed by atoms with Crippen molar-refractivity contribution in [3.8, 4) is 0 Å². The second kappa shape index (κ2) is 4.35. The lowest BCUT2D eigenvalue weighted by Gasteiger charge is -2.35. The smallest absolute Gasteiger partial charge is 0.229 e. The van der Waals surface area contributed by atoms with E-state index in [0.717, 1.165) is 25.8 Å². The van der Waals surface area contributed by atoms with Gasteiger partial charge in [-0.05, 0) is 32.6 Å². The van der Waals surface area contributed by atoms with Crippen molar-refractivity contribution in [2.24, 2.45) is 11.7 Å². The lowest BCUT2D eigenvalue weighted by atomic mass is 9.99. The van der Waals surface area contributed by atoms with Crippen LogP contribution in [0, 0.1) is 5.92 Å². The summed E-state index contributed by atoms with van der Waals surface area (Å²) in [5, 5.41) is 0. The summed E-state index contributed by atoms with van der Waals surface area (Å²) >= 11 is 0. The van der Waals surface area contributed by atoms with E-state index in [1.165, 1.54) is 6.42 Å². The summed E-state index contributed by atoms with van der Waals surface area (Å²) < 4.78 is 0. The third-order valence-corrected chi connectivity index (χ3v) is 3.52. The first kappa shape index (κ1) is 10.7. The van der Waals surface area contributed by atoms with E-state index in [2.05, 4.69) is 6.92 Å². The van der Waals surface area contributed by atoms with Gasteiger partial charge in [-0.1, -0.05) is 12.2 Å². The van der Waals surface area contributed by atoms with Gasteiger partial charge in [0.2, 0.25) is 5.91 Å². The number of likely N-dealkylation sites (tertiary alicyclic amines) is 1. The first-order valence-electron chi connectivity index (χ1n) is 5.93. The Balaban J connectivity index is 1.98. The fourth-order valence-electron chi connectivity index (χ4n) is 2.55. The molecule has 1 aliphatic carbocycles. The number of carbonyl (C=O) groups excluding carboxylic acids is 1. The molecule has 3 heteroatoms. The van der Waals surface area contributed by atoms with Crippen LogP contribution in [0.3, 0.4) is 0 Å². The highest BCUT2D eigenvalue weighted by molar-refractivity contribution is 5.81. The molecule has 84 valence electrons. The zero-order chi connectivity index (χ0) is 10.8. The second-order valence-electron chi connectivity index (χ2n) is 4.77. The Hall–Kier alpha value is -0.830. The molecule has 2 aliphatic rings. The Morgan fingerprint density at radius 3 is 2.80 bits per heavy atom. The Labute approximate surface area is 91.3 Å². The predicted molar refractivity (Wildman–Crippen MR) is 60.2 cm³/mol. The fourth-order valence-corrected chi connectivity index (χ4v) is 2.55.